The Balaban J connectivity index is 1.84. The molecule has 0 radical (unpaired) electrons. The van der Waals surface area contributed by atoms with E-state index in [1.54, 1.807) is 18.2 Å². The molecule has 1 N–H and O–H groups in total. The number of hydrogen-bond acceptors (Lipinski definition) is 4. The first-order valence-electron chi connectivity index (χ1n) is 6.79. The molecule has 1 aliphatic heterocycles. The molecule has 0 bridgehead atoms. The Bertz CT molecular complexity index is 629. The largest absolute Gasteiger partial charge is 0.361 e. The molecule has 1 aromatic heterocycles. The first-order chi connectivity index (χ1) is 9.63. The molecule has 1 saturated heterocycles. The van der Waals surface area contributed by atoms with Gasteiger partial charge in [-0.15, -0.1) is 0 Å². The summed E-state index contributed by atoms with van der Waals surface area (Å²) in [4.78, 5) is 18.4. The zero-order chi connectivity index (χ0) is 14.1. The van der Waals surface area contributed by atoms with Crippen LogP contribution >= 0.6 is 0 Å². The molecule has 6 heteroatoms. The molecule has 0 unspecified atom stereocenters. The third-order valence-corrected chi connectivity index (χ3v) is 3.95. The summed E-state index contributed by atoms with van der Waals surface area (Å²) < 4.78 is 0. The number of nitro groups is 1. The minimum absolute atomic E-state index is 0.150. The number of nitro benzene ring substituents is 1. The van der Waals surface area contributed by atoms with Crippen molar-refractivity contribution in [2.75, 3.05) is 33.2 Å². The number of rotatable bonds is 3. The Morgan fingerprint density at radius 3 is 2.75 bits per heavy atom. The number of fused-ring (bicyclic) bond motifs is 1. The average molecular weight is 274 g/mol. The second-order valence-electron chi connectivity index (χ2n) is 5.38. The van der Waals surface area contributed by atoms with Gasteiger partial charge in [-0.05, 0) is 18.7 Å². The van der Waals surface area contributed by atoms with Crippen LogP contribution in [0.2, 0.25) is 0 Å². The van der Waals surface area contributed by atoms with Crippen LogP contribution < -0.4 is 0 Å². The third kappa shape index (κ3) is 2.52. The molecule has 1 aromatic carbocycles. The molecule has 2 heterocycles. The number of H-pyrrole nitrogens is 1. The topological polar surface area (TPSA) is 65.4 Å². The number of nitrogens with zero attached hydrogens (tertiary/aromatic N) is 3. The van der Waals surface area contributed by atoms with Crippen LogP contribution in [0.1, 0.15) is 5.56 Å². The van der Waals surface area contributed by atoms with E-state index in [4.69, 9.17) is 0 Å². The fourth-order valence-electron chi connectivity index (χ4n) is 2.66. The SMILES string of the molecule is CN1CCN(Cc2c[nH]c3ccc([N+](=O)[O-])cc23)CC1. The van der Waals surface area contributed by atoms with E-state index in [-0.39, 0.29) is 10.6 Å². The molecular weight excluding hydrogens is 256 g/mol. The zero-order valence-corrected chi connectivity index (χ0v) is 11.5. The summed E-state index contributed by atoms with van der Waals surface area (Å²) in [6.07, 6.45) is 1.96. The highest BCUT2D eigenvalue weighted by Gasteiger charge is 2.16. The number of non-ortho nitro benzene ring substituents is 1. The van der Waals surface area contributed by atoms with Crippen molar-refractivity contribution >= 4 is 16.6 Å². The number of aromatic amines is 1. The quantitative estimate of drug-likeness (QED) is 0.685. The maximum absolute atomic E-state index is 10.9. The van der Waals surface area contributed by atoms with Gasteiger partial charge in [0.15, 0.2) is 0 Å². The normalized spacial score (nSPS) is 17.6. The maximum atomic E-state index is 10.9. The average Bonchev–Trinajstić information content (AvgIpc) is 2.84. The molecule has 0 saturated carbocycles. The van der Waals surface area contributed by atoms with Gasteiger partial charge < -0.3 is 9.88 Å². The molecule has 20 heavy (non-hydrogen) atoms. The molecule has 3 rings (SSSR count). The van der Waals surface area contributed by atoms with Gasteiger partial charge >= 0.3 is 0 Å². The maximum Gasteiger partial charge on any atom is 0.270 e. The molecule has 1 fully saturated rings. The molecule has 0 amide bonds. The van der Waals surface area contributed by atoms with E-state index < -0.39 is 0 Å². The van der Waals surface area contributed by atoms with Gasteiger partial charge in [-0.3, -0.25) is 15.0 Å². The van der Waals surface area contributed by atoms with Gasteiger partial charge in [0.05, 0.1) is 4.92 Å². The van der Waals surface area contributed by atoms with E-state index in [2.05, 4.69) is 21.8 Å². The number of likely N-dealkylation sites (N-methyl/N-ethyl adjacent to an activating group) is 1. The van der Waals surface area contributed by atoms with Gasteiger partial charge in [0, 0.05) is 62.0 Å². The van der Waals surface area contributed by atoms with E-state index in [1.165, 1.54) is 0 Å². The molecule has 0 spiro atoms. The lowest BCUT2D eigenvalue weighted by molar-refractivity contribution is -0.384. The Morgan fingerprint density at radius 2 is 2.05 bits per heavy atom. The summed E-state index contributed by atoms with van der Waals surface area (Å²) in [5.74, 6) is 0. The molecule has 1 aliphatic rings. The fraction of sp³-hybridized carbons (Fsp3) is 0.429. The Hall–Kier alpha value is -1.92. The Morgan fingerprint density at radius 1 is 1.30 bits per heavy atom. The number of piperazine rings is 1. The molecule has 2 aromatic rings. The predicted molar refractivity (Wildman–Crippen MR) is 77.7 cm³/mol. The lowest BCUT2D eigenvalue weighted by Gasteiger charge is -2.32. The third-order valence-electron chi connectivity index (χ3n) is 3.95. The fourth-order valence-corrected chi connectivity index (χ4v) is 2.66. The van der Waals surface area contributed by atoms with Crippen molar-refractivity contribution in [3.8, 4) is 0 Å². The highest BCUT2D eigenvalue weighted by molar-refractivity contribution is 5.85. The number of benzene rings is 1. The van der Waals surface area contributed by atoms with E-state index >= 15 is 0 Å². The van der Waals surface area contributed by atoms with Crippen molar-refractivity contribution in [2.45, 2.75) is 6.54 Å². The molecular formula is C14H18N4O2. The van der Waals surface area contributed by atoms with Gasteiger partial charge in [0.1, 0.15) is 0 Å². The summed E-state index contributed by atoms with van der Waals surface area (Å²) in [6, 6.07) is 4.98. The Labute approximate surface area is 117 Å². The van der Waals surface area contributed by atoms with E-state index in [0.717, 1.165) is 49.2 Å². The van der Waals surface area contributed by atoms with Gasteiger partial charge in [0.2, 0.25) is 0 Å². The standard InChI is InChI=1S/C14H18N4O2/c1-16-4-6-17(7-5-16)10-11-9-15-14-3-2-12(18(19)20)8-13(11)14/h2-3,8-9,15H,4-7,10H2,1H3. The van der Waals surface area contributed by atoms with Crippen LogP contribution in [-0.4, -0.2) is 52.9 Å². The first kappa shape index (κ1) is 13.1. The smallest absolute Gasteiger partial charge is 0.270 e. The summed E-state index contributed by atoms with van der Waals surface area (Å²) in [6.45, 7) is 5.07. The minimum Gasteiger partial charge on any atom is -0.361 e. The second-order valence-corrected chi connectivity index (χ2v) is 5.38. The lowest BCUT2D eigenvalue weighted by Crippen LogP contribution is -2.43. The van der Waals surface area contributed by atoms with Gasteiger partial charge in [-0.2, -0.15) is 0 Å². The van der Waals surface area contributed by atoms with Crippen molar-refractivity contribution in [3.05, 3.63) is 40.1 Å². The number of hydrogen-bond donors (Lipinski definition) is 1. The molecule has 0 aliphatic carbocycles. The van der Waals surface area contributed by atoms with Gasteiger partial charge in [-0.25, -0.2) is 0 Å². The monoisotopic (exact) mass is 274 g/mol. The summed E-state index contributed by atoms with van der Waals surface area (Å²) in [7, 11) is 2.13. The van der Waals surface area contributed by atoms with Gasteiger partial charge in [-0.1, -0.05) is 0 Å². The molecule has 0 atom stereocenters. The van der Waals surface area contributed by atoms with E-state index in [0.29, 0.717) is 0 Å². The highest BCUT2D eigenvalue weighted by atomic mass is 16.6. The zero-order valence-electron chi connectivity index (χ0n) is 11.5. The summed E-state index contributed by atoms with van der Waals surface area (Å²) in [5.41, 5.74) is 2.24. The van der Waals surface area contributed by atoms with E-state index in [1.807, 2.05) is 6.20 Å². The van der Waals surface area contributed by atoms with Gasteiger partial charge in [0.25, 0.3) is 5.69 Å². The van der Waals surface area contributed by atoms with E-state index in [9.17, 15) is 10.1 Å². The predicted octanol–water partition coefficient (Wildman–Crippen LogP) is 1.82. The van der Waals surface area contributed by atoms with Crippen molar-refractivity contribution in [1.29, 1.82) is 0 Å². The number of aromatic nitrogens is 1. The molecule has 6 nitrogen and oxygen atoms in total. The second kappa shape index (κ2) is 5.22. The van der Waals surface area contributed by atoms with Crippen LogP contribution in [0.15, 0.2) is 24.4 Å². The van der Waals surface area contributed by atoms with Crippen LogP contribution in [0.25, 0.3) is 10.9 Å². The van der Waals surface area contributed by atoms with Crippen molar-refractivity contribution in [2.24, 2.45) is 0 Å². The van der Waals surface area contributed by atoms with Crippen molar-refractivity contribution in [3.63, 3.8) is 0 Å². The minimum atomic E-state index is -0.341. The van der Waals surface area contributed by atoms with Crippen LogP contribution in [-0.2, 0) is 6.54 Å². The van der Waals surface area contributed by atoms with Crippen LogP contribution in [0.5, 0.6) is 0 Å². The number of nitrogens with one attached hydrogen (secondary N) is 1. The van der Waals surface area contributed by atoms with Crippen molar-refractivity contribution in [1.82, 2.24) is 14.8 Å². The van der Waals surface area contributed by atoms with Crippen LogP contribution in [0.4, 0.5) is 5.69 Å². The highest BCUT2D eigenvalue weighted by Crippen LogP contribution is 2.24. The first-order valence-corrected chi connectivity index (χ1v) is 6.79. The Kier molecular flexibility index (Phi) is 3.42. The van der Waals surface area contributed by atoms with Crippen LogP contribution in [0, 0.1) is 10.1 Å². The van der Waals surface area contributed by atoms with Crippen LogP contribution in [0.3, 0.4) is 0 Å². The lowest BCUT2D eigenvalue weighted by atomic mass is 10.1. The summed E-state index contributed by atoms with van der Waals surface area (Å²) >= 11 is 0. The summed E-state index contributed by atoms with van der Waals surface area (Å²) in [5, 5.41) is 11.8. The molecule has 106 valence electrons. The van der Waals surface area contributed by atoms with Crippen molar-refractivity contribution < 1.29 is 4.92 Å².